The summed E-state index contributed by atoms with van der Waals surface area (Å²) in [5.41, 5.74) is 3.44. The van der Waals surface area contributed by atoms with Crippen molar-refractivity contribution >= 4 is 41.5 Å². The fourth-order valence-electron chi connectivity index (χ4n) is 3.52. The smallest absolute Gasteiger partial charge is 0.367 e. The van der Waals surface area contributed by atoms with Gasteiger partial charge >= 0.3 is 6.18 Å². The van der Waals surface area contributed by atoms with Crippen LogP contribution in [-0.2, 0) is 22.7 Å². The molecule has 1 amide bonds. The van der Waals surface area contributed by atoms with Crippen molar-refractivity contribution in [3.8, 4) is 0 Å². The van der Waals surface area contributed by atoms with Gasteiger partial charge in [-0.1, -0.05) is 42.5 Å². The molecule has 33 heavy (non-hydrogen) atoms. The maximum Gasteiger partial charge on any atom is 0.411 e. The Morgan fingerprint density at radius 1 is 1.15 bits per heavy atom. The Labute approximate surface area is 208 Å². The van der Waals surface area contributed by atoms with Crippen LogP contribution in [0.4, 0.5) is 18.9 Å². The lowest BCUT2D eigenvalue weighted by Crippen LogP contribution is -2.40. The van der Waals surface area contributed by atoms with Crippen LogP contribution < -0.4 is 16.0 Å². The number of hydrogen-bond donors (Lipinski definition) is 3. The zero-order valence-electron chi connectivity index (χ0n) is 18.2. The summed E-state index contributed by atoms with van der Waals surface area (Å²) in [6, 6.07) is 14.9. The molecule has 1 atom stereocenters. The normalized spacial score (nSPS) is 15.8. The first-order valence-electron chi connectivity index (χ1n) is 10.5. The molecule has 3 rings (SSSR count). The Balaban J connectivity index is 0.00000385. The average molecular weight is 576 g/mol. The van der Waals surface area contributed by atoms with Crippen molar-refractivity contribution in [3.63, 3.8) is 0 Å². The third-order valence-electron chi connectivity index (χ3n) is 4.91. The summed E-state index contributed by atoms with van der Waals surface area (Å²) >= 11 is 0. The van der Waals surface area contributed by atoms with Crippen LogP contribution in [0.1, 0.15) is 36.0 Å². The third kappa shape index (κ3) is 8.84. The summed E-state index contributed by atoms with van der Waals surface area (Å²) in [6.45, 7) is 2.13. The van der Waals surface area contributed by atoms with Crippen LogP contribution in [0.3, 0.4) is 0 Å². The number of guanidine groups is 1. The molecule has 0 fully saturated rings. The molecule has 1 heterocycles. The van der Waals surface area contributed by atoms with Gasteiger partial charge in [-0.3, -0.25) is 4.79 Å². The number of hydrogen-bond acceptors (Lipinski definition) is 3. The molecule has 0 spiro atoms. The van der Waals surface area contributed by atoms with Crippen LogP contribution in [-0.4, -0.2) is 37.7 Å². The Kier molecular flexibility index (Phi) is 10.4. The van der Waals surface area contributed by atoms with E-state index in [1.807, 2.05) is 37.3 Å². The minimum Gasteiger partial charge on any atom is -0.367 e. The maximum atomic E-state index is 12.3. The fourth-order valence-corrected chi connectivity index (χ4v) is 3.52. The molecule has 3 N–H and O–H groups in total. The number of nitrogens with one attached hydrogen (secondary N) is 3. The molecular formula is C23H28F3IN4O2. The highest BCUT2D eigenvalue weighted by Crippen LogP contribution is 2.31. The number of anilines is 1. The number of rotatable bonds is 8. The van der Waals surface area contributed by atoms with E-state index < -0.39 is 12.8 Å². The standard InChI is InChI=1S/C23H27F3N4O2.HI/c1-2-27-22(29-13-18-11-21(31)30-20-9-4-3-8-19(18)20)28-12-16-6-5-7-17(10-16)14-32-15-23(24,25)26;/h3-10,18H,2,11-15H2,1H3,(H,30,31)(H2,27,28,29);1H. The number of carbonyl (C=O) groups excluding carboxylic acids is 1. The van der Waals surface area contributed by atoms with Crippen LogP contribution >= 0.6 is 24.0 Å². The highest BCUT2D eigenvalue weighted by Gasteiger charge is 2.27. The molecule has 1 aliphatic rings. The van der Waals surface area contributed by atoms with Gasteiger partial charge in [-0.15, -0.1) is 24.0 Å². The molecule has 2 aromatic carbocycles. The Hall–Kier alpha value is -2.34. The summed E-state index contributed by atoms with van der Waals surface area (Å²) in [4.78, 5) is 16.6. The van der Waals surface area contributed by atoms with Crippen molar-refractivity contribution in [3.05, 3.63) is 65.2 Å². The second-order valence-corrected chi connectivity index (χ2v) is 7.54. The molecule has 10 heteroatoms. The lowest BCUT2D eigenvalue weighted by Gasteiger charge is -2.26. The van der Waals surface area contributed by atoms with Crippen molar-refractivity contribution < 1.29 is 22.7 Å². The number of aliphatic imine (C=N–C) groups is 1. The van der Waals surface area contributed by atoms with Gasteiger partial charge in [0.2, 0.25) is 5.91 Å². The van der Waals surface area contributed by atoms with Gasteiger partial charge in [0.15, 0.2) is 5.96 Å². The van der Waals surface area contributed by atoms with E-state index in [4.69, 9.17) is 4.74 Å². The highest BCUT2D eigenvalue weighted by molar-refractivity contribution is 14.0. The van der Waals surface area contributed by atoms with Gasteiger partial charge in [-0.05, 0) is 29.7 Å². The predicted octanol–water partition coefficient (Wildman–Crippen LogP) is 4.56. The van der Waals surface area contributed by atoms with E-state index in [9.17, 15) is 18.0 Å². The maximum absolute atomic E-state index is 12.3. The number of halogens is 4. The largest absolute Gasteiger partial charge is 0.411 e. The van der Waals surface area contributed by atoms with E-state index in [-0.39, 0.29) is 42.4 Å². The first-order valence-corrected chi connectivity index (χ1v) is 10.5. The van der Waals surface area contributed by atoms with Gasteiger partial charge < -0.3 is 20.7 Å². The van der Waals surface area contributed by atoms with E-state index in [0.29, 0.717) is 37.6 Å². The van der Waals surface area contributed by atoms with Crippen molar-refractivity contribution in [1.29, 1.82) is 0 Å². The molecule has 6 nitrogen and oxygen atoms in total. The minimum absolute atomic E-state index is 0. The van der Waals surface area contributed by atoms with Gasteiger partial charge in [-0.25, -0.2) is 4.99 Å². The Morgan fingerprint density at radius 2 is 1.91 bits per heavy atom. The second-order valence-electron chi connectivity index (χ2n) is 7.54. The number of carbonyl (C=O) groups is 1. The Morgan fingerprint density at radius 3 is 2.67 bits per heavy atom. The molecule has 0 aromatic heterocycles. The van der Waals surface area contributed by atoms with Crippen molar-refractivity contribution in [2.24, 2.45) is 4.99 Å². The summed E-state index contributed by atoms with van der Waals surface area (Å²) in [5, 5.41) is 9.37. The zero-order chi connectivity index (χ0) is 23.0. The monoisotopic (exact) mass is 576 g/mol. The van der Waals surface area contributed by atoms with Gasteiger partial charge in [-0.2, -0.15) is 13.2 Å². The van der Waals surface area contributed by atoms with Crippen molar-refractivity contribution in [2.45, 2.75) is 38.6 Å². The quantitative estimate of drug-likeness (QED) is 0.245. The van der Waals surface area contributed by atoms with Crippen LogP contribution in [0.15, 0.2) is 53.5 Å². The lowest BCUT2D eigenvalue weighted by atomic mass is 9.90. The van der Waals surface area contributed by atoms with Crippen molar-refractivity contribution in [1.82, 2.24) is 10.6 Å². The lowest BCUT2D eigenvalue weighted by molar-refractivity contribution is -0.176. The SMILES string of the molecule is CCNC(=NCc1cccc(COCC(F)(F)F)c1)NCC1CC(=O)Nc2ccccc21.I. The molecule has 0 saturated carbocycles. The first kappa shape index (κ1) is 26.9. The molecule has 0 bridgehead atoms. The molecule has 0 aliphatic carbocycles. The van der Waals surface area contributed by atoms with Crippen molar-refractivity contribution in [2.75, 3.05) is 25.0 Å². The minimum atomic E-state index is -4.34. The number of alkyl halides is 3. The van der Waals surface area contributed by atoms with Gasteiger partial charge in [0.05, 0.1) is 13.2 Å². The van der Waals surface area contributed by atoms with Gasteiger partial charge in [0.1, 0.15) is 6.61 Å². The van der Waals surface area contributed by atoms with Gasteiger partial charge in [0, 0.05) is 31.1 Å². The summed E-state index contributed by atoms with van der Waals surface area (Å²) in [7, 11) is 0. The van der Waals surface area contributed by atoms with Crippen LogP contribution in [0.25, 0.3) is 0 Å². The molecule has 0 saturated heterocycles. The molecular weight excluding hydrogens is 548 g/mol. The van der Waals surface area contributed by atoms with E-state index in [0.717, 1.165) is 16.8 Å². The van der Waals surface area contributed by atoms with E-state index in [2.05, 4.69) is 20.9 Å². The highest BCUT2D eigenvalue weighted by atomic mass is 127. The number of para-hydroxylation sites is 1. The predicted molar refractivity (Wildman–Crippen MR) is 133 cm³/mol. The number of benzene rings is 2. The second kappa shape index (κ2) is 12.8. The van der Waals surface area contributed by atoms with Crippen LogP contribution in [0.5, 0.6) is 0 Å². The molecule has 2 aromatic rings. The van der Waals surface area contributed by atoms with Gasteiger partial charge in [0.25, 0.3) is 0 Å². The molecule has 1 aliphatic heterocycles. The molecule has 0 radical (unpaired) electrons. The van der Waals surface area contributed by atoms with E-state index in [1.165, 1.54) is 0 Å². The van der Waals surface area contributed by atoms with Crippen LogP contribution in [0.2, 0.25) is 0 Å². The first-order chi connectivity index (χ1) is 15.3. The third-order valence-corrected chi connectivity index (χ3v) is 4.91. The number of nitrogens with zero attached hydrogens (tertiary/aromatic N) is 1. The summed E-state index contributed by atoms with van der Waals surface area (Å²) in [5.74, 6) is 0.620. The van der Waals surface area contributed by atoms with E-state index >= 15 is 0 Å². The van der Waals surface area contributed by atoms with Crippen LogP contribution in [0, 0.1) is 0 Å². The summed E-state index contributed by atoms with van der Waals surface area (Å²) in [6.07, 6.45) is -3.95. The number of fused-ring (bicyclic) bond motifs is 1. The summed E-state index contributed by atoms with van der Waals surface area (Å²) < 4.78 is 41.5. The zero-order valence-corrected chi connectivity index (χ0v) is 20.6. The number of amides is 1. The topological polar surface area (TPSA) is 74.8 Å². The molecule has 180 valence electrons. The fraction of sp³-hybridized carbons (Fsp3) is 0.391. The Bertz CT molecular complexity index is 953. The van der Waals surface area contributed by atoms with E-state index in [1.54, 1.807) is 18.2 Å². The average Bonchev–Trinajstić information content (AvgIpc) is 2.75. The molecule has 1 unspecified atom stereocenters. The number of ether oxygens (including phenoxy) is 1.